The van der Waals surface area contributed by atoms with Crippen molar-refractivity contribution in [2.45, 2.75) is 0 Å². The standard InChI is InChI=1S/K.Li.Na.H2O3.H/c;;;1-3-2;/h;;;1-2H;/q3*+1;;-1/p-2. The Morgan fingerprint density at radius 3 is 1.33 bits per heavy atom. The van der Waals surface area contributed by atoms with Crippen LogP contribution in [-0.4, -0.2) is 0 Å². The van der Waals surface area contributed by atoms with E-state index in [1.54, 1.807) is 5.04 Å². The van der Waals surface area contributed by atoms with Gasteiger partial charge in [0.25, 0.3) is 0 Å². The predicted octanol–water partition coefficient (Wildman–Crippen LogP) is -11.3. The Labute approximate surface area is 114 Å². The van der Waals surface area contributed by atoms with Gasteiger partial charge in [-0.1, -0.05) is 0 Å². The molecular formula is HKLiNaO3. The summed E-state index contributed by atoms with van der Waals surface area (Å²) < 4.78 is 0. The van der Waals surface area contributed by atoms with Crippen molar-refractivity contribution in [2.75, 3.05) is 0 Å². The average molecular weight is 118 g/mol. The molecule has 0 N–H and O–H groups in total. The molecule has 3 nitrogen and oxygen atoms in total. The van der Waals surface area contributed by atoms with Crippen molar-refractivity contribution in [3.63, 3.8) is 0 Å². The molecule has 0 aliphatic heterocycles. The number of hydrogen-bond donors (Lipinski definition) is 0. The Morgan fingerprint density at radius 1 is 1.33 bits per heavy atom. The van der Waals surface area contributed by atoms with Crippen LogP contribution in [0.1, 0.15) is 1.43 Å². The molecule has 0 spiro atoms. The van der Waals surface area contributed by atoms with E-state index in [1.165, 1.54) is 0 Å². The van der Waals surface area contributed by atoms with Crippen molar-refractivity contribution >= 4 is 0 Å². The molecule has 0 aliphatic rings. The molecule has 0 aromatic heterocycles. The first kappa shape index (κ1) is 22.9. The van der Waals surface area contributed by atoms with Crippen LogP contribution in [-0.2, 0) is 5.04 Å². The molecule has 0 amide bonds. The molecule has 0 aliphatic carbocycles. The molecule has 0 aromatic rings. The van der Waals surface area contributed by atoms with Gasteiger partial charge in [-0.3, -0.25) is 0 Å². The summed E-state index contributed by atoms with van der Waals surface area (Å²) >= 11 is 0. The molecule has 22 valence electrons. The maximum atomic E-state index is 7.88. The van der Waals surface area contributed by atoms with E-state index in [2.05, 4.69) is 0 Å². The summed E-state index contributed by atoms with van der Waals surface area (Å²) in [6.45, 7) is 0. The fourth-order valence-corrected chi connectivity index (χ4v) is 0. The van der Waals surface area contributed by atoms with Gasteiger partial charge in [0.1, 0.15) is 0 Å². The van der Waals surface area contributed by atoms with Crippen molar-refractivity contribution in [3.8, 4) is 0 Å². The molecule has 0 atom stereocenters. The third-order valence-electron chi connectivity index (χ3n) is 0. The summed E-state index contributed by atoms with van der Waals surface area (Å²) in [4.78, 5) is 0. The molecule has 0 heterocycles. The zero-order valence-electron chi connectivity index (χ0n) is 5.22. The van der Waals surface area contributed by atoms with Crippen LogP contribution in [0.4, 0.5) is 0 Å². The SMILES string of the molecule is [H-].[K+].[Li+].[Na+].[O-]O[O-]. The van der Waals surface area contributed by atoms with Crippen LogP contribution in [0.5, 0.6) is 0 Å². The second-order valence-corrected chi connectivity index (χ2v) is 0.0680. The maximum absolute atomic E-state index is 7.88. The first-order valence-electron chi connectivity index (χ1n) is 0.333. The quantitative estimate of drug-likeness (QED) is 0.180. The fourth-order valence-electron chi connectivity index (χ4n) is 0. The van der Waals surface area contributed by atoms with Crippen molar-refractivity contribution in [2.24, 2.45) is 0 Å². The largest absolute Gasteiger partial charge is 1.00 e. The van der Waals surface area contributed by atoms with E-state index >= 15 is 0 Å². The molecular weight excluding hydrogens is 117 g/mol. The van der Waals surface area contributed by atoms with E-state index in [0.29, 0.717) is 0 Å². The van der Waals surface area contributed by atoms with Gasteiger partial charge in [-0.25, -0.2) is 0 Å². The molecule has 0 saturated heterocycles. The summed E-state index contributed by atoms with van der Waals surface area (Å²) in [5.74, 6) is 0. The second kappa shape index (κ2) is 24.3. The molecule has 0 fully saturated rings. The van der Waals surface area contributed by atoms with E-state index in [9.17, 15) is 0 Å². The molecule has 0 radical (unpaired) electrons. The van der Waals surface area contributed by atoms with E-state index in [4.69, 9.17) is 10.5 Å². The normalized spacial score (nSPS) is 3.00. The molecule has 0 rings (SSSR count). The monoisotopic (exact) mass is 118 g/mol. The minimum Gasteiger partial charge on any atom is -1.00 e. The minimum absolute atomic E-state index is 0. The van der Waals surface area contributed by atoms with Gasteiger partial charge in [-0.15, -0.1) is 0 Å². The fraction of sp³-hybridized carbons (Fsp3) is 0. The first-order valence-corrected chi connectivity index (χ1v) is 0.333. The Hall–Kier alpha value is 3.11. The smallest absolute Gasteiger partial charge is 1.00 e. The van der Waals surface area contributed by atoms with Crippen LogP contribution in [0.15, 0.2) is 0 Å². The first-order chi connectivity index (χ1) is 1.41. The van der Waals surface area contributed by atoms with Crippen molar-refractivity contribution in [3.05, 3.63) is 0 Å². The summed E-state index contributed by atoms with van der Waals surface area (Å²) in [5.41, 5.74) is 0. The van der Waals surface area contributed by atoms with Gasteiger partial charge in [0.15, 0.2) is 0 Å². The van der Waals surface area contributed by atoms with Crippen molar-refractivity contribution in [1.29, 1.82) is 0 Å². The zero-order valence-corrected chi connectivity index (χ0v) is 9.35. The topological polar surface area (TPSA) is 55.3 Å². The number of rotatable bonds is 0. The van der Waals surface area contributed by atoms with E-state index in [0.717, 1.165) is 0 Å². The predicted molar refractivity (Wildman–Crippen MR) is 2.20 cm³/mol. The summed E-state index contributed by atoms with van der Waals surface area (Å²) in [6.07, 6.45) is 0. The Balaban J connectivity index is -0.00000000333. The van der Waals surface area contributed by atoms with Crippen molar-refractivity contribution < 1.29 is 117 Å². The third kappa shape index (κ3) is 27.4. The number of hydrogen-bond acceptors (Lipinski definition) is 3. The third-order valence-corrected chi connectivity index (χ3v) is 0. The Kier molecular flexibility index (Phi) is 92.8. The molecule has 0 saturated carbocycles. The molecule has 0 unspecified atom stereocenters. The minimum atomic E-state index is 0. The van der Waals surface area contributed by atoms with Crippen LogP contribution in [0.2, 0.25) is 0 Å². The van der Waals surface area contributed by atoms with E-state index in [-0.39, 0.29) is 101 Å². The van der Waals surface area contributed by atoms with Gasteiger partial charge in [-0.2, -0.15) is 0 Å². The van der Waals surface area contributed by atoms with Crippen LogP contribution in [0.3, 0.4) is 0 Å². The zero-order chi connectivity index (χ0) is 2.71. The summed E-state index contributed by atoms with van der Waals surface area (Å²) in [5, 5.41) is 17.5. The Morgan fingerprint density at radius 2 is 1.33 bits per heavy atom. The second-order valence-electron chi connectivity index (χ2n) is 0.0680. The molecule has 6 heteroatoms. The van der Waals surface area contributed by atoms with Gasteiger partial charge in [0.2, 0.25) is 0 Å². The van der Waals surface area contributed by atoms with Gasteiger partial charge in [-0.05, 0) is 0 Å². The van der Waals surface area contributed by atoms with Crippen molar-refractivity contribution in [1.82, 2.24) is 0 Å². The molecule has 6 heavy (non-hydrogen) atoms. The van der Waals surface area contributed by atoms with Gasteiger partial charge in [0, 0.05) is 0 Å². The van der Waals surface area contributed by atoms with Crippen LogP contribution >= 0.6 is 0 Å². The Bertz CT molecular complexity index is 14.9. The van der Waals surface area contributed by atoms with Crippen LogP contribution in [0, 0.1) is 0 Å². The summed E-state index contributed by atoms with van der Waals surface area (Å²) in [7, 11) is 0. The summed E-state index contributed by atoms with van der Waals surface area (Å²) in [6, 6.07) is 0. The van der Waals surface area contributed by atoms with Gasteiger partial charge < -0.3 is 17.0 Å². The molecule has 0 bridgehead atoms. The average Bonchev–Trinajstić information content (AvgIpc) is 0.918. The van der Waals surface area contributed by atoms with Gasteiger partial charge >= 0.3 is 99.8 Å². The van der Waals surface area contributed by atoms with E-state index < -0.39 is 0 Å². The van der Waals surface area contributed by atoms with Crippen LogP contribution in [0.25, 0.3) is 0 Å². The maximum Gasteiger partial charge on any atom is 1.00 e. The van der Waals surface area contributed by atoms with E-state index in [1.807, 2.05) is 0 Å². The molecule has 0 aromatic carbocycles. The van der Waals surface area contributed by atoms with Gasteiger partial charge in [0.05, 0.1) is 0 Å². The van der Waals surface area contributed by atoms with Crippen LogP contribution < -0.4 is 110 Å².